The topological polar surface area (TPSA) is 34.1 Å². The highest BCUT2D eigenvalue weighted by Gasteiger charge is 2.35. The minimum atomic E-state index is -4.17. The summed E-state index contributed by atoms with van der Waals surface area (Å²) in [5, 5.41) is 3.34. The highest BCUT2D eigenvalue weighted by atomic mass is 127. The van der Waals surface area contributed by atoms with Gasteiger partial charge in [-0.25, -0.2) is 4.39 Å². The van der Waals surface area contributed by atoms with E-state index in [4.69, 9.17) is 0 Å². The van der Waals surface area contributed by atoms with E-state index in [1.54, 1.807) is 12.1 Å². The van der Waals surface area contributed by atoms with E-state index in [1.165, 1.54) is 11.0 Å². The maximum absolute atomic E-state index is 14.0. The summed E-state index contributed by atoms with van der Waals surface area (Å²) in [6.45, 7) is 5.13. The molecule has 164 valence electrons. The van der Waals surface area contributed by atoms with Crippen LogP contribution in [0.5, 0.6) is 0 Å². The first-order valence-corrected chi connectivity index (χ1v) is 9.70. The number of anilines is 1. The molecule has 2 fully saturated rings. The third kappa shape index (κ3) is 6.87. The van der Waals surface area contributed by atoms with Crippen LogP contribution in [0, 0.1) is 5.82 Å². The molecule has 29 heavy (non-hydrogen) atoms. The van der Waals surface area contributed by atoms with Crippen LogP contribution in [-0.4, -0.2) is 80.3 Å². The minimum absolute atomic E-state index is 0. The van der Waals surface area contributed by atoms with Gasteiger partial charge in [0.1, 0.15) is 5.82 Å². The van der Waals surface area contributed by atoms with Crippen LogP contribution < -0.4 is 10.2 Å². The highest BCUT2D eigenvalue weighted by molar-refractivity contribution is 14.0. The Kier molecular flexibility index (Phi) is 8.80. The van der Waals surface area contributed by atoms with Gasteiger partial charge in [0.15, 0.2) is 5.96 Å². The summed E-state index contributed by atoms with van der Waals surface area (Å²) in [6.07, 6.45) is -3.51. The number of guanidine groups is 1. The fraction of sp³-hybridized carbons (Fsp3) is 0.632. The van der Waals surface area contributed by atoms with Crippen molar-refractivity contribution in [3.05, 3.63) is 30.1 Å². The molecule has 1 N–H and O–H groups in total. The first-order chi connectivity index (χ1) is 13.4. The standard InChI is InChI=1S/C19H27F4N5.HI/c1-2-24-18(25-15-7-8-26(13-15)14-19(21,22)23)28-11-9-27(10-12-28)17-6-4-3-5-16(17)20;/h3-6,15H,2,7-14H2,1H3,(H,24,25);1H. The van der Waals surface area contributed by atoms with Gasteiger partial charge in [0.25, 0.3) is 0 Å². The van der Waals surface area contributed by atoms with E-state index in [0.29, 0.717) is 57.9 Å². The molecule has 2 saturated heterocycles. The molecule has 0 spiro atoms. The van der Waals surface area contributed by atoms with Crippen LogP contribution in [0.2, 0.25) is 0 Å². The van der Waals surface area contributed by atoms with Gasteiger partial charge in [-0.1, -0.05) is 12.1 Å². The normalized spacial score (nSPS) is 21.3. The van der Waals surface area contributed by atoms with Gasteiger partial charge >= 0.3 is 6.18 Å². The van der Waals surface area contributed by atoms with Crippen LogP contribution in [-0.2, 0) is 0 Å². The molecule has 0 amide bonds. The Morgan fingerprint density at radius 1 is 1.14 bits per heavy atom. The van der Waals surface area contributed by atoms with E-state index in [-0.39, 0.29) is 35.8 Å². The molecule has 0 aliphatic carbocycles. The number of benzene rings is 1. The third-order valence-electron chi connectivity index (χ3n) is 5.09. The third-order valence-corrected chi connectivity index (χ3v) is 5.09. The summed E-state index contributed by atoms with van der Waals surface area (Å²) in [5.41, 5.74) is 0.600. The van der Waals surface area contributed by atoms with Crippen LogP contribution in [0.1, 0.15) is 13.3 Å². The maximum Gasteiger partial charge on any atom is 0.401 e. The molecule has 3 rings (SSSR count). The molecule has 2 heterocycles. The van der Waals surface area contributed by atoms with Gasteiger partial charge in [0.2, 0.25) is 0 Å². The predicted molar refractivity (Wildman–Crippen MR) is 118 cm³/mol. The smallest absolute Gasteiger partial charge is 0.366 e. The Balaban J connectivity index is 0.00000300. The van der Waals surface area contributed by atoms with E-state index >= 15 is 0 Å². The number of nitrogens with zero attached hydrogens (tertiary/aromatic N) is 4. The van der Waals surface area contributed by atoms with Gasteiger partial charge in [-0.05, 0) is 25.5 Å². The van der Waals surface area contributed by atoms with E-state index in [0.717, 1.165) is 5.96 Å². The molecule has 0 bridgehead atoms. The second-order valence-corrected chi connectivity index (χ2v) is 7.20. The largest absolute Gasteiger partial charge is 0.401 e. The fourth-order valence-electron chi connectivity index (χ4n) is 3.78. The lowest BCUT2D eigenvalue weighted by Gasteiger charge is -2.38. The zero-order chi connectivity index (χ0) is 20.1. The van der Waals surface area contributed by atoms with E-state index in [2.05, 4.69) is 15.2 Å². The Morgan fingerprint density at radius 3 is 2.45 bits per heavy atom. The average molecular weight is 529 g/mol. The van der Waals surface area contributed by atoms with Gasteiger partial charge in [0.05, 0.1) is 12.2 Å². The predicted octanol–water partition coefficient (Wildman–Crippen LogP) is 3.17. The van der Waals surface area contributed by atoms with Crippen molar-refractivity contribution in [1.29, 1.82) is 0 Å². The van der Waals surface area contributed by atoms with Gasteiger partial charge < -0.3 is 15.1 Å². The number of alkyl halides is 3. The average Bonchev–Trinajstić information content (AvgIpc) is 3.07. The maximum atomic E-state index is 14.0. The number of likely N-dealkylation sites (tertiary alicyclic amines) is 1. The molecular weight excluding hydrogens is 501 g/mol. The van der Waals surface area contributed by atoms with Gasteiger partial charge in [0, 0.05) is 51.9 Å². The number of hydrogen-bond donors (Lipinski definition) is 1. The van der Waals surface area contributed by atoms with Crippen LogP contribution in [0.3, 0.4) is 0 Å². The molecule has 10 heteroatoms. The first-order valence-electron chi connectivity index (χ1n) is 9.70. The quantitative estimate of drug-likeness (QED) is 0.282. The minimum Gasteiger partial charge on any atom is -0.366 e. The Morgan fingerprint density at radius 2 is 1.83 bits per heavy atom. The molecule has 0 aromatic heterocycles. The van der Waals surface area contributed by atoms with E-state index < -0.39 is 12.7 Å². The molecule has 5 nitrogen and oxygen atoms in total. The second kappa shape index (κ2) is 10.6. The zero-order valence-corrected chi connectivity index (χ0v) is 18.8. The molecule has 2 aliphatic rings. The van der Waals surface area contributed by atoms with Crippen LogP contribution in [0.25, 0.3) is 0 Å². The SMILES string of the molecule is CCN=C(NC1CCN(CC(F)(F)F)C1)N1CCN(c2ccccc2F)CC1.I. The Hall–Kier alpha value is -1.30. The number of hydrogen-bond acceptors (Lipinski definition) is 3. The summed E-state index contributed by atoms with van der Waals surface area (Å²) in [7, 11) is 0. The molecule has 1 unspecified atom stereocenters. The van der Waals surface area contributed by atoms with Crippen molar-refractivity contribution >= 4 is 35.6 Å². The van der Waals surface area contributed by atoms with Crippen molar-refractivity contribution in [2.24, 2.45) is 4.99 Å². The van der Waals surface area contributed by atoms with Gasteiger partial charge in [-0.3, -0.25) is 9.89 Å². The lowest BCUT2D eigenvalue weighted by atomic mass is 10.2. The van der Waals surface area contributed by atoms with Crippen molar-refractivity contribution in [1.82, 2.24) is 15.1 Å². The van der Waals surface area contributed by atoms with Crippen molar-refractivity contribution < 1.29 is 17.6 Å². The summed E-state index contributed by atoms with van der Waals surface area (Å²) in [6, 6.07) is 6.69. The van der Waals surface area contributed by atoms with Gasteiger partial charge in [-0.2, -0.15) is 13.2 Å². The van der Waals surface area contributed by atoms with Crippen molar-refractivity contribution in [3.8, 4) is 0 Å². The lowest BCUT2D eigenvalue weighted by Crippen LogP contribution is -2.55. The number of piperazine rings is 1. The summed E-state index contributed by atoms with van der Waals surface area (Å²) in [5.74, 6) is 0.502. The number of aliphatic imine (C=N–C) groups is 1. The zero-order valence-electron chi connectivity index (χ0n) is 16.5. The van der Waals surface area contributed by atoms with Crippen molar-refractivity contribution in [2.75, 3.05) is 57.3 Å². The van der Waals surface area contributed by atoms with Gasteiger partial charge in [-0.15, -0.1) is 24.0 Å². The highest BCUT2D eigenvalue weighted by Crippen LogP contribution is 2.21. The molecule has 0 radical (unpaired) electrons. The fourth-order valence-corrected chi connectivity index (χ4v) is 3.78. The van der Waals surface area contributed by atoms with E-state index in [9.17, 15) is 17.6 Å². The lowest BCUT2D eigenvalue weighted by molar-refractivity contribution is -0.143. The number of rotatable bonds is 4. The molecular formula is C19H28F4IN5. The number of halogens is 5. The molecule has 1 aromatic rings. The van der Waals surface area contributed by atoms with E-state index in [1.807, 2.05) is 17.9 Å². The molecule has 1 atom stereocenters. The Bertz CT molecular complexity index is 677. The second-order valence-electron chi connectivity index (χ2n) is 7.20. The number of para-hydroxylation sites is 1. The monoisotopic (exact) mass is 529 g/mol. The van der Waals surface area contributed by atoms with Crippen molar-refractivity contribution in [3.63, 3.8) is 0 Å². The molecule has 2 aliphatic heterocycles. The summed E-state index contributed by atoms with van der Waals surface area (Å²) >= 11 is 0. The van der Waals surface area contributed by atoms with Crippen molar-refractivity contribution in [2.45, 2.75) is 25.6 Å². The van der Waals surface area contributed by atoms with Crippen LogP contribution in [0.15, 0.2) is 29.3 Å². The van der Waals surface area contributed by atoms with Crippen LogP contribution >= 0.6 is 24.0 Å². The first kappa shape index (κ1) is 24.0. The summed E-state index contributed by atoms with van der Waals surface area (Å²) in [4.78, 5) is 10.1. The molecule has 0 saturated carbocycles. The molecule has 1 aromatic carbocycles. The summed E-state index contributed by atoms with van der Waals surface area (Å²) < 4.78 is 51.8. The Labute approximate surface area is 186 Å². The van der Waals surface area contributed by atoms with Crippen LogP contribution in [0.4, 0.5) is 23.2 Å². The number of nitrogens with one attached hydrogen (secondary N) is 1.